The van der Waals surface area contributed by atoms with Crippen molar-refractivity contribution < 1.29 is 4.74 Å². The summed E-state index contributed by atoms with van der Waals surface area (Å²) >= 11 is 0. The lowest BCUT2D eigenvalue weighted by molar-refractivity contribution is 0.364. The molecule has 0 aromatic carbocycles. The quantitative estimate of drug-likeness (QED) is 0.814. The summed E-state index contributed by atoms with van der Waals surface area (Å²) in [6.45, 7) is 4.39. The van der Waals surface area contributed by atoms with Gasteiger partial charge in [-0.1, -0.05) is 0 Å². The van der Waals surface area contributed by atoms with Gasteiger partial charge in [-0.25, -0.2) is 4.98 Å². The number of ether oxygens (including phenoxy) is 1. The third-order valence-electron chi connectivity index (χ3n) is 3.11. The summed E-state index contributed by atoms with van der Waals surface area (Å²) in [5.41, 5.74) is 0.160. The molecule has 0 radical (unpaired) electrons. The number of piperidine rings is 1. The van der Waals surface area contributed by atoms with E-state index in [0.29, 0.717) is 0 Å². The Labute approximate surface area is 96.4 Å². The second-order valence-electron chi connectivity index (χ2n) is 4.52. The largest absolute Gasteiger partial charge is 0.495 e. The summed E-state index contributed by atoms with van der Waals surface area (Å²) in [6, 6.07) is 3.89. The first-order valence-corrected chi connectivity index (χ1v) is 5.71. The molecule has 1 fully saturated rings. The van der Waals surface area contributed by atoms with E-state index in [9.17, 15) is 0 Å². The minimum Gasteiger partial charge on any atom is -0.495 e. The second-order valence-corrected chi connectivity index (χ2v) is 4.52. The number of aromatic nitrogens is 1. The van der Waals surface area contributed by atoms with Crippen molar-refractivity contribution in [2.45, 2.75) is 25.3 Å². The second kappa shape index (κ2) is 4.70. The van der Waals surface area contributed by atoms with E-state index in [1.165, 1.54) is 0 Å². The predicted molar refractivity (Wildman–Crippen MR) is 64.9 cm³/mol. The van der Waals surface area contributed by atoms with Crippen LogP contribution in [0, 0.1) is 0 Å². The molecular weight excluding hydrogens is 202 g/mol. The van der Waals surface area contributed by atoms with Crippen LogP contribution in [0.25, 0.3) is 0 Å². The van der Waals surface area contributed by atoms with Gasteiger partial charge >= 0.3 is 0 Å². The monoisotopic (exact) mass is 221 g/mol. The van der Waals surface area contributed by atoms with Crippen molar-refractivity contribution in [3.63, 3.8) is 0 Å². The smallest absolute Gasteiger partial charge is 0.137 e. The molecule has 1 aliphatic rings. The molecule has 0 saturated carbocycles. The Hall–Kier alpha value is -1.29. The van der Waals surface area contributed by atoms with Crippen LogP contribution >= 0.6 is 0 Å². The van der Waals surface area contributed by atoms with Crippen molar-refractivity contribution in [1.29, 1.82) is 0 Å². The van der Waals surface area contributed by atoms with Gasteiger partial charge in [0.25, 0.3) is 0 Å². The highest BCUT2D eigenvalue weighted by atomic mass is 16.5. The Kier molecular flexibility index (Phi) is 3.29. The van der Waals surface area contributed by atoms with Crippen LogP contribution in [0.3, 0.4) is 0 Å². The molecule has 0 spiro atoms. The Bertz CT molecular complexity index is 331. The number of pyridine rings is 1. The normalized spacial score (nSPS) is 19.1. The van der Waals surface area contributed by atoms with Crippen molar-refractivity contribution in [3.05, 3.63) is 18.3 Å². The lowest BCUT2D eigenvalue weighted by Gasteiger charge is -2.35. The minimum atomic E-state index is 0.160. The molecule has 4 heteroatoms. The van der Waals surface area contributed by atoms with Gasteiger partial charge in [0.1, 0.15) is 11.6 Å². The van der Waals surface area contributed by atoms with Gasteiger partial charge in [-0.3, -0.25) is 0 Å². The number of hydrogen-bond donors (Lipinski definition) is 2. The summed E-state index contributed by atoms with van der Waals surface area (Å²) < 4.78 is 5.08. The predicted octanol–water partition coefficient (Wildman–Crippen LogP) is 1.64. The van der Waals surface area contributed by atoms with Gasteiger partial charge in [-0.05, 0) is 45.0 Å². The van der Waals surface area contributed by atoms with Crippen molar-refractivity contribution >= 4 is 5.82 Å². The molecule has 1 aliphatic heterocycles. The fraction of sp³-hybridized carbons (Fsp3) is 0.583. The molecule has 4 nitrogen and oxygen atoms in total. The summed E-state index contributed by atoms with van der Waals surface area (Å²) in [6.07, 6.45) is 3.99. The number of methoxy groups -OCH3 is 1. The maximum Gasteiger partial charge on any atom is 0.137 e. The number of hydrogen-bond acceptors (Lipinski definition) is 4. The average molecular weight is 221 g/mol. The molecular formula is C12H19N3O. The number of anilines is 1. The number of nitrogens with zero attached hydrogens (tertiary/aromatic N) is 1. The van der Waals surface area contributed by atoms with Crippen LogP contribution in [-0.4, -0.2) is 30.7 Å². The molecule has 16 heavy (non-hydrogen) atoms. The van der Waals surface area contributed by atoms with E-state index in [1.54, 1.807) is 13.3 Å². The Morgan fingerprint density at radius 3 is 2.69 bits per heavy atom. The van der Waals surface area contributed by atoms with Crippen LogP contribution in [-0.2, 0) is 0 Å². The van der Waals surface area contributed by atoms with Gasteiger partial charge in [-0.2, -0.15) is 0 Å². The zero-order valence-corrected chi connectivity index (χ0v) is 9.92. The van der Waals surface area contributed by atoms with Gasteiger partial charge in [0.15, 0.2) is 0 Å². The van der Waals surface area contributed by atoms with Gasteiger partial charge in [-0.15, -0.1) is 0 Å². The average Bonchev–Trinajstić information content (AvgIpc) is 2.30. The standard InChI is InChI=1S/C12H19N3O/c1-12(5-7-13-8-6-12)15-11-4-3-10(16-2)9-14-11/h3-4,9,13H,5-8H2,1-2H3,(H,14,15). The van der Waals surface area contributed by atoms with E-state index < -0.39 is 0 Å². The zero-order valence-electron chi connectivity index (χ0n) is 9.92. The van der Waals surface area contributed by atoms with E-state index in [-0.39, 0.29) is 5.54 Å². The lowest BCUT2D eigenvalue weighted by atomic mass is 9.91. The first-order valence-electron chi connectivity index (χ1n) is 5.71. The van der Waals surface area contributed by atoms with E-state index in [4.69, 9.17) is 4.74 Å². The van der Waals surface area contributed by atoms with E-state index >= 15 is 0 Å². The van der Waals surface area contributed by atoms with E-state index in [2.05, 4.69) is 22.5 Å². The molecule has 1 aromatic rings. The maximum absolute atomic E-state index is 5.08. The molecule has 0 bridgehead atoms. The third kappa shape index (κ3) is 2.64. The van der Waals surface area contributed by atoms with Crippen LogP contribution in [0.4, 0.5) is 5.82 Å². The molecule has 0 unspecified atom stereocenters. The summed E-state index contributed by atoms with van der Waals surface area (Å²) in [5.74, 6) is 1.71. The van der Waals surface area contributed by atoms with Crippen molar-refractivity contribution in [1.82, 2.24) is 10.3 Å². The van der Waals surface area contributed by atoms with Gasteiger partial charge in [0.05, 0.1) is 13.3 Å². The molecule has 2 N–H and O–H groups in total. The molecule has 2 rings (SSSR count). The summed E-state index contributed by atoms with van der Waals surface area (Å²) in [7, 11) is 1.65. The number of rotatable bonds is 3. The minimum absolute atomic E-state index is 0.160. The molecule has 1 aromatic heterocycles. The molecule has 2 heterocycles. The van der Waals surface area contributed by atoms with Crippen LogP contribution in [0.1, 0.15) is 19.8 Å². The van der Waals surface area contributed by atoms with Crippen LogP contribution < -0.4 is 15.4 Å². The van der Waals surface area contributed by atoms with Crippen molar-refractivity contribution in [2.75, 3.05) is 25.5 Å². The Balaban J connectivity index is 2.01. The highest BCUT2D eigenvalue weighted by molar-refractivity contribution is 5.40. The Morgan fingerprint density at radius 2 is 2.12 bits per heavy atom. The lowest BCUT2D eigenvalue weighted by Crippen LogP contribution is -2.45. The first-order chi connectivity index (χ1) is 7.72. The van der Waals surface area contributed by atoms with E-state index in [0.717, 1.165) is 37.5 Å². The van der Waals surface area contributed by atoms with Crippen LogP contribution in [0.15, 0.2) is 18.3 Å². The SMILES string of the molecule is COc1ccc(NC2(C)CCNCC2)nc1. The molecule has 88 valence electrons. The fourth-order valence-corrected chi connectivity index (χ4v) is 1.99. The number of nitrogens with one attached hydrogen (secondary N) is 2. The van der Waals surface area contributed by atoms with E-state index in [1.807, 2.05) is 12.1 Å². The van der Waals surface area contributed by atoms with Gasteiger partial charge in [0.2, 0.25) is 0 Å². The highest BCUT2D eigenvalue weighted by Crippen LogP contribution is 2.23. The third-order valence-corrected chi connectivity index (χ3v) is 3.11. The molecule has 0 amide bonds. The first kappa shape index (κ1) is 11.2. The van der Waals surface area contributed by atoms with Crippen molar-refractivity contribution in [3.8, 4) is 5.75 Å². The topological polar surface area (TPSA) is 46.2 Å². The summed E-state index contributed by atoms with van der Waals surface area (Å²) in [5, 5.41) is 6.87. The van der Waals surface area contributed by atoms with Crippen LogP contribution in [0.5, 0.6) is 5.75 Å². The fourth-order valence-electron chi connectivity index (χ4n) is 1.99. The van der Waals surface area contributed by atoms with Gasteiger partial charge in [0, 0.05) is 5.54 Å². The molecule has 0 aliphatic carbocycles. The van der Waals surface area contributed by atoms with Gasteiger partial charge < -0.3 is 15.4 Å². The maximum atomic E-state index is 5.08. The molecule has 0 atom stereocenters. The molecule has 1 saturated heterocycles. The zero-order chi connectivity index (χ0) is 11.4. The highest BCUT2D eigenvalue weighted by Gasteiger charge is 2.26. The summed E-state index contributed by atoms with van der Waals surface area (Å²) in [4.78, 5) is 4.33. The van der Waals surface area contributed by atoms with Crippen LogP contribution in [0.2, 0.25) is 0 Å². The Morgan fingerprint density at radius 1 is 1.38 bits per heavy atom. The van der Waals surface area contributed by atoms with Crippen molar-refractivity contribution in [2.24, 2.45) is 0 Å².